The van der Waals surface area contributed by atoms with Crippen LogP contribution in [0.15, 0.2) is 61.2 Å². The van der Waals surface area contributed by atoms with E-state index in [1.165, 1.54) is 36.4 Å². The van der Waals surface area contributed by atoms with E-state index in [1.54, 1.807) is 18.2 Å². The van der Waals surface area contributed by atoms with Gasteiger partial charge in [0.1, 0.15) is 5.75 Å². The molecule has 2 aromatic carbocycles. The van der Waals surface area contributed by atoms with Gasteiger partial charge in [-0.3, -0.25) is 14.9 Å². The number of phenolic OH excluding ortho intramolecular Hbond substituents is 1. The van der Waals surface area contributed by atoms with Crippen molar-refractivity contribution in [1.29, 1.82) is 0 Å². The maximum Gasteiger partial charge on any atom is 0.269 e. The minimum absolute atomic E-state index is 0.0320. The number of hydrogen-bond acceptors (Lipinski definition) is 4. The topological polar surface area (TPSA) is 92.5 Å². The molecular formula is C17H16N2O4. The molecule has 1 unspecified atom stereocenters. The SMILES string of the molecule is C=CCC(NC(=O)c1ccc(O)cc1)c1cccc([N+](=O)[O-])c1. The Bertz CT molecular complexity index is 726. The summed E-state index contributed by atoms with van der Waals surface area (Å²) in [5.74, 6) is -0.258. The van der Waals surface area contributed by atoms with E-state index in [-0.39, 0.29) is 17.3 Å². The molecule has 1 atom stereocenters. The van der Waals surface area contributed by atoms with E-state index in [0.717, 1.165) is 0 Å². The summed E-state index contributed by atoms with van der Waals surface area (Å²) in [7, 11) is 0. The Kier molecular flexibility index (Phi) is 5.09. The number of carbonyl (C=O) groups excluding carboxylic acids is 1. The normalized spacial score (nSPS) is 11.5. The standard InChI is InChI=1S/C17H16N2O4/c1-2-4-16(13-5-3-6-14(11-13)19(22)23)18-17(21)12-7-9-15(20)10-8-12/h2-3,5-11,16,20H,1,4H2,(H,18,21). The number of nitrogens with zero attached hydrogens (tertiary/aromatic N) is 1. The fourth-order valence-corrected chi connectivity index (χ4v) is 2.15. The van der Waals surface area contributed by atoms with Gasteiger partial charge in [0.25, 0.3) is 11.6 Å². The summed E-state index contributed by atoms with van der Waals surface area (Å²) < 4.78 is 0. The molecule has 2 aromatic rings. The number of rotatable bonds is 6. The van der Waals surface area contributed by atoms with Crippen molar-refractivity contribution in [1.82, 2.24) is 5.32 Å². The number of non-ortho nitro benzene ring substituents is 1. The number of hydrogen-bond donors (Lipinski definition) is 2. The van der Waals surface area contributed by atoms with Gasteiger partial charge < -0.3 is 10.4 Å². The number of phenols is 1. The molecule has 0 aliphatic carbocycles. The Hall–Kier alpha value is -3.15. The van der Waals surface area contributed by atoms with Gasteiger partial charge in [0.05, 0.1) is 11.0 Å². The maximum atomic E-state index is 12.3. The van der Waals surface area contributed by atoms with Gasteiger partial charge >= 0.3 is 0 Å². The third-order valence-corrected chi connectivity index (χ3v) is 3.32. The smallest absolute Gasteiger partial charge is 0.269 e. The molecule has 0 spiro atoms. The second kappa shape index (κ2) is 7.22. The molecule has 0 saturated carbocycles. The number of nitrogens with one attached hydrogen (secondary N) is 1. The fraction of sp³-hybridized carbons (Fsp3) is 0.118. The van der Waals surface area contributed by atoms with Gasteiger partial charge in [-0.2, -0.15) is 0 Å². The molecule has 0 aliphatic rings. The van der Waals surface area contributed by atoms with Crippen LogP contribution in [0.3, 0.4) is 0 Å². The van der Waals surface area contributed by atoms with Crippen molar-refractivity contribution in [2.75, 3.05) is 0 Å². The van der Waals surface area contributed by atoms with Crippen molar-refractivity contribution in [2.24, 2.45) is 0 Å². The van der Waals surface area contributed by atoms with Crippen molar-refractivity contribution in [3.8, 4) is 5.75 Å². The van der Waals surface area contributed by atoms with Gasteiger partial charge in [0.2, 0.25) is 0 Å². The van der Waals surface area contributed by atoms with Gasteiger partial charge in [-0.05, 0) is 36.2 Å². The largest absolute Gasteiger partial charge is 0.508 e. The average molecular weight is 312 g/mol. The second-order valence-electron chi connectivity index (χ2n) is 4.95. The molecule has 6 heteroatoms. The predicted molar refractivity (Wildman–Crippen MR) is 86.2 cm³/mol. The van der Waals surface area contributed by atoms with Gasteiger partial charge in [0, 0.05) is 17.7 Å². The van der Waals surface area contributed by atoms with Crippen LogP contribution < -0.4 is 5.32 Å². The molecule has 1 amide bonds. The molecule has 0 aliphatic heterocycles. The summed E-state index contributed by atoms with van der Waals surface area (Å²) in [5.41, 5.74) is 0.990. The fourth-order valence-electron chi connectivity index (χ4n) is 2.15. The predicted octanol–water partition coefficient (Wildman–Crippen LogP) is 3.35. The van der Waals surface area contributed by atoms with Gasteiger partial charge in [-0.1, -0.05) is 18.2 Å². The molecule has 0 radical (unpaired) electrons. The van der Waals surface area contributed by atoms with Crippen LogP contribution in [0.4, 0.5) is 5.69 Å². The highest BCUT2D eigenvalue weighted by Crippen LogP contribution is 2.22. The molecule has 2 rings (SSSR count). The lowest BCUT2D eigenvalue weighted by Crippen LogP contribution is -2.28. The second-order valence-corrected chi connectivity index (χ2v) is 4.95. The van der Waals surface area contributed by atoms with Crippen LogP contribution in [-0.2, 0) is 0 Å². The number of nitro benzene ring substituents is 1. The highest BCUT2D eigenvalue weighted by molar-refractivity contribution is 5.94. The summed E-state index contributed by atoms with van der Waals surface area (Å²) in [6, 6.07) is 11.6. The quantitative estimate of drug-likeness (QED) is 0.486. The number of nitro groups is 1. The average Bonchev–Trinajstić information content (AvgIpc) is 2.55. The van der Waals surface area contributed by atoms with Gasteiger partial charge in [0.15, 0.2) is 0 Å². The van der Waals surface area contributed by atoms with Crippen molar-refractivity contribution < 1.29 is 14.8 Å². The van der Waals surface area contributed by atoms with Gasteiger partial charge in [-0.25, -0.2) is 0 Å². The maximum absolute atomic E-state index is 12.3. The first-order chi connectivity index (χ1) is 11.0. The van der Waals surface area contributed by atoms with Crippen LogP contribution in [-0.4, -0.2) is 15.9 Å². The summed E-state index contributed by atoms with van der Waals surface area (Å²) in [4.78, 5) is 22.7. The van der Waals surface area contributed by atoms with Crippen molar-refractivity contribution in [3.05, 3.63) is 82.4 Å². The Morgan fingerprint density at radius 1 is 1.30 bits per heavy atom. The minimum atomic E-state index is -0.476. The van der Waals surface area contributed by atoms with E-state index in [0.29, 0.717) is 17.5 Å². The Labute approximate surface area is 133 Å². The van der Waals surface area contributed by atoms with Crippen molar-refractivity contribution in [2.45, 2.75) is 12.5 Å². The molecule has 2 N–H and O–H groups in total. The Balaban J connectivity index is 2.23. The van der Waals surface area contributed by atoms with E-state index in [2.05, 4.69) is 11.9 Å². The summed E-state index contributed by atoms with van der Waals surface area (Å²) >= 11 is 0. The number of aromatic hydroxyl groups is 1. The monoisotopic (exact) mass is 312 g/mol. The van der Waals surface area contributed by atoms with Crippen molar-refractivity contribution >= 4 is 11.6 Å². The highest BCUT2D eigenvalue weighted by atomic mass is 16.6. The van der Waals surface area contributed by atoms with E-state index in [1.807, 2.05) is 0 Å². The van der Waals surface area contributed by atoms with Gasteiger partial charge in [-0.15, -0.1) is 6.58 Å². The zero-order chi connectivity index (χ0) is 16.8. The first-order valence-electron chi connectivity index (χ1n) is 6.96. The number of carbonyl (C=O) groups is 1. The minimum Gasteiger partial charge on any atom is -0.508 e. The summed E-state index contributed by atoms with van der Waals surface area (Å²) in [6.07, 6.45) is 2.07. The molecule has 0 bridgehead atoms. The van der Waals surface area contributed by atoms with Crippen molar-refractivity contribution in [3.63, 3.8) is 0 Å². The summed E-state index contributed by atoms with van der Waals surface area (Å²) in [6.45, 7) is 3.66. The third-order valence-electron chi connectivity index (χ3n) is 3.32. The van der Waals surface area contributed by atoms with Crippen LogP contribution in [0.1, 0.15) is 28.4 Å². The zero-order valence-corrected chi connectivity index (χ0v) is 12.3. The van der Waals surface area contributed by atoms with Crippen LogP contribution in [0, 0.1) is 10.1 Å². The lowest BCUT2D eigenvalue weighted by atomic mass is 10.0. The Morgan fingerprint density at radius 2 is 2.00 bits per heavy atom. The highest BCUT2D eigenvalue weighted by Gasteiger charge is 2.17. The number of benzene rings is 2. The lowest BCUT2D eigenvalue weighted by Gasteiger charge is -2.17. The first kappa shape index (κ1) is 16.2. The molecule has 0 saturated heterocycles. The molecule has 118 valence electrons. The van der Waals surface area contributed by atoms with E-state index in [9.17, 15) is 20.0 Å². The molecule has 6 nitrogen and oxygen atoms in total. The van der Waals surface area contributed by atoms with Crippen LogP contribution in [0.25, 0.3) is 0 Å². The number of amides is 1. The molecule has 0 heterocycles. The summed E-state index contributed by atoms with van der Waals surface area (Å²) in [5, 5.41) is 23.0. The van der Waals surface area contributed by atoms with E-state index < -0.39 is 11.0 Å². The Morgan fingerprint density at radius 3 is 2.61 bits per heavy atom. The van der Waals surface area contributed by atoms with E-state index in [4.69, 9.17) is 0 Å². The van der Waals surface area contributed by atoms with Crippen LogP contribution in [0.2, 0.25) is 0 Å². The zero-order valence-electron chi connectivity index (χ0n) is 12.3. The molecule has 23 heavy (non-hydrogen) atoms. The molecular weight excluding hydrogens is 296 g/mol. The molecule has 0 fully saturated rings. The van der Waals surface area contributed by atoms with Crippen LogP contribution >= 0.6 is 0 Å². The lowest BCUT2D eigenvalue weighted by molar-refractivity contribution is -0.384. The van der Waals surface area contributed by atoms with Crippen LogP contribution in [0.5, 0.6) is 5.75 Å². The molecule has 0 aromatic heterocycles. The van der Waals surface area contributed by atoms with E-state index >= 15 is 0 Å². The first-order valence-corrected chi connectivity index (χ1v) is 6.96. The third kappa shape index (κ3) is 4.16.